The molecule has 2 rings (SSSR count). The second-order valence-electron chi connectivity index (χ2n) is 4.95. The zero-order valence-electron chi connectivity index (χ0n) is 9.20. The predicted octanol–water partition coefficient (Wildman–Crippen LogP) is 1.01. The van der Waals surface area contributed by atoms with Gasteiger partial charge >= 0.3 is 0 Å². The van der Waals surface area contributed by atoms with Crippen molar-refractivity contribution in [2.45, 2.75) is 50.3 Å². The summed E-state index contributed by atoms with van der Waals surface area (Å²) in [6.45, 7) is 3.68. The lowest BCUT2D eigenvalue weighted by molar-refractivity contribution is -0.0192. The van der Waals surface area contributed by atoms with Gasteiger partial charge in [-0.15, -0.1) is 0 Å². The molecule has 0 bridgehead atoms. The fraction of sp³-hybridized carbons (Fsp3) is 1.00. The standard InChI is InChI=1S/C11H21NO2/c1-11(13)6-3-4-10(11)12(2)9-5-7-14-8-9/h9-10,13H,3-8H2,1-2H3. The van der Waals surface area contributed by atoms with E-state index >= 15 is 0 Å². The van der Waals surface area contributed by atoms with Crippen molar-refractivity contribution >= 4 is 0 Å². The van der Waals surface area contributed by atoms with Gasteiger partial charge in [-0.05, 0) is 39.7 Å². The van der Waals surface area contributed by atoms with Crippen molar-refractivity contribution in [2.24, 2.45) is 0 Å². The van der Waals surface area contributed by atoms with E-state index in [0.717, 1.165) is 38.9 Å². The topological polar surface area (TPSA) is 32.7 Å². The maximum Gasteiger partial charge on any atom is 0.0774 e. The first-order valence-corrected chi connectivity index (χ1v) is 5.63. The molecule has 3 nitrogen and oxygen atoms in total. The van der Waals surface area contributed by atoms with Gasteiger partial charge < -0.3 is 9.84 Å². The van der Waals surface area contributed by atoms with E-state index in [2.05, 4.69) is 11.9 Å². The normalized spacial score (nSPS) is 43.7. The van der Waals surface area contributed by atoms with Crippen molar-refractivity contribution in [3.05, 3.63) is 0 Å². The van der Waals surface area contributed by atoms with Crippen LogP contribution in [0.25, 0.3) is 0 Å². The predicted molar refractivity (Wildman–Crippen MR) is 55.2 cm³/mol. The molecule has 1 aliphatic heterocycles. The number of ether oxygens (including phenoxy) is 1. The monoisotopic (exact) mass is 199 g/mol. The third-order valence-electron chi connectivity index (χ3n) is 3.85. The zero-order valence-corrected chi connectivity index (χ0v) is 9.20. The zero-order chi connectivity index (χ0) is 10.2. The largest absolute Gasteiger partial charge is 0.389 e. The molecule has 1 saturated carbocycles. The molecule has 14 heavy (non-hydrogen) atoms. The van der Waals surface area contributed by atoms with Crippen LogP contribution in [0.2, 0.25) is 0 Å². The third kappa shape index (κ3) is 1.81. The first-order valence-electron chi connectivity index (χ1n) is 5.63. The maximum absolute atomic E-state index is 10.2. The van der Waals surface area contributed by atoms with Crippen LogP contribution >= 0.6 is 0 Å². The van der Waals surface area contributed by atoms with E-state index in [9.17, 15) is 5.11 Å². The Morgan fingerprint density at radius 1 is 1.43 bits per heavy atom. The minimum Gasteiger partial charge on any atom is -0.389 e. The Kier molecular flexibility index (Phi) is 2.82. The number of hydrogen-bond donors (Lipinski definition) is 1. The molecule has 2 aliphatic rings. The molecule has 3 atom stereocenters. The number of nitrogens with zero attached hydrogens (tertiary/aromatic N) is 1. The van der Waals surface area contributed by atoms with Crippen LogP contribution in [-0.2, 0) is 4.74 Å². The smallest absolute Gasteiger partial charge is 0.0774 e. The Morgan fingerprint density at radius 2 is 2.21 bits per heavy atom. The van der Waals surface area contributed by atoms with E-state index in [1.54, 1.807) is 0 Å². The highest BCUT2D eigenvalue weighted by molar-refractivity contribution is 4.96. The Bertz CT molecular complexity index is 199. The molecule has 0 radical (unpaired) electrons. The molecule has 0 aromatic heterocycles. The summed E-state index contributed by atoms with van der Waals surface area (Å²) in [6, 6.07) is 0.846. The Hall–Kier alpha value is -0.120. The van der Waals surface area contributed by atoms with Crippen molar-refractivity contribution in [3.63, 3.8) is 0 Å². The van der Waals surface area contributed by atoms with Crippen LogP contribution in [0.3, 0.4) is 0 Å². The summed E-state index contributed by atoms with van der Waals surface area (Å²) in [7, 11) is 2.13. The van der Waals surface area contributed by atoms with E-state index in [1.165, 1.54) is 0 Å². The molecule has 1 aliphatic carbocycles. The van der Waals surface area contributed by atoms with Crippen molar-refractivity contribution in [1.82, 2.24) is 4.90 Å². The molecular formula is C11H21NO2. The molecule has 1 saturated heterocycles. The van der Waals surface area contributed by atoms with Crippen LogP contribution in [0, 0.1) is 0 Å². The first-order chi connectivity index (χ1) is 6.61. The van der Waals surface area contributed by atoms with Gasteiger partial charge in [0.25, 0.3) is 0 Å². The summed E-state index contributed by atoms with van der Waals surface area (Å²) in [6.07, 6.45) is 4.33. The van der Waals surface area contributed by atoms with Gasteiger partial charge in [0, 0.05) is 18.7 Å². The van der Waals surface area contributed by atoms with Crippen LogP contribution in [-0.4, -0.2) is 48.0 Å². The fourth-order valence-corrected chi connectivity index (χ4v) is 2.87. The maximum atomic E-state index is 10.2. The minimum atomic E-state index is -0.489. The highest BCUT2D eigenvalue weighted by atomic mass is 16.5. The Balaban J connectivity index is 1.99. The first kappa shape index (κ1) is 10.4. The summed E-state index contributed by atoms with van der Waals surface area (Å²) in [5, 5.41) is 10.2. The number of likely N-dealkylation sites (N-methyl/N-ethyl adjacent to an activating group) is 1. The van der Waals surface area contributed by atoms with Crippen molar-refractivity contribution in [2.75, 3.05) is 20.3 Å². The molecule has 2 fully saturated rings. The van der Waals surface area contributed by atoms with Crippen molar-refractivity contribution in [3.8, 4) is 0 Å². The lowest BCUT2D eigenvalue weighted by atomic mass is 9.98. The van der Waals surface area contributed by atoms with Crippen LogP contribution in [0.4, 0.5) is 0 Å². The van der Waals surface area contributed by atoms with Gasteiger partial charge in [0.1, 0.15) is 0 Å². The van der Waals surface area contributed by atoms with Crippen LogP contribution in [0.1, 0.15) is 32.6 Å². The summed E-state index contributed by atoms with van der Waals surface area (Å²) < 4.78 is 5.38. The van der Waals surface area contributed by atoms with E-state index in [1.807, 2.05) is 6.92 Å². The van der Waals surface area contributed by atoms with Gasteiger partial charge in [-0.2, -0.15) is 0 Å². The van der Waals surface area contributed by atoms with Gasteiger partial charge in [-0.1, -0.05) is 0 Å². The molecular weight excluding hydrogens is 178 g/mol. The van der Waals surface area contributed by atoms with Gasteiger partial charge in [-0.3, -0.25) is 4.90 Å². The van der Waals surface area contributed by atoms with E-state index in [4.69, 9.17) is 4.74 Å². The van der Waals surface area contributed by atoms with Gasteiger partial charge in [0.15, 0.2) is 0 Å². The lowest BCUT2D eigenvalue weighted by Crippen LogP contribution is -2.50. The SMILES string of the molecule is CN(C1CCOC1)C1CCCC1(C)O. The fourth-order valence-electron chi connectivity index (χ4n) is 2.87. The second-order valence-corrected chi connectivity index (χ2v) is 4.95. The van der Waals surface area contributed by atoms with E-state index < -0.39 is 5.60 Å². The van der Waals surface area contributed by atoms with Crippen LogP contribution in [0.5, 0.6) is 0 Å². The average molecular weight is 199 g/mol. The number of aliphatic hydroxyl groups is 1. The second kappa shape index (κ2) is 3.80. The highest BCUT2D eigenvalue weighted by Gasteiger charge is 2.41. The van der Waals surface area contributed by atoms with Crippen molar-refractivity contribution < 1.29 is 9.84 Å². The minimum absolute atomic E-state index is 0.328. The average Bonchev–Trinajstić information content (AvgIpc) is 2.71. The molecule has 1 N–H and O–H groups in total. The molecule has 3 unspecified atom stereocenters. The van der Waals surface area contributed by atoms with Crippen LogP contribution in [0.15, 0.2) is 0 Å². The Morgan fingerprint density at radius 3 is 2.71 bits per heavy atom. The summed E-state index contributed by atoms with van der Waals surface area (Å²) in [4.78, 5) is 2.33. The van der Waals surface area contributed by atoms with Crippen LogP contribution < -0.4 is 0 Å². The molecule has 0 aromatic rings. The summed E-state index contributed by atoms with van der Waals surface area (Å²) >= 11 is 0. The number of hydrogen-bond acceptors (Lipinski definition) is 3. The highest BCUT2D eigenvalue weighted by Crippen LogP contribution is 2.34. The molecule has 82 valence electrons. The van der Waals surface area contributed by atoms with E-state index in [-0.39, 0.29) is 0 Å². The van der Waals surface area contributed by atoms with E-state index in [0.29, 0.717) is 12.1 Å². The van der Waals surface area contributed by atoms with Crippen molar-refractivity contribution in [1.29, 1.82) is 0 Å². The molecule has 0 amide bonds. The lowest BCUT2D eigenvalue weighted by Gasteiger charge is -2.37. The molecule has 0 aromatic carbocycles. The Labute approximate surface area is 86.0 Å². The summed E-state index contributed by atoms with van der Waals surface area (Å²) in [5.74, 6) is 0. The molecule has 3 heteroatoms. The van der Waals surface area contributed by atoms with Gasteiger partial charge in [-0.25, -0.2) is 0 Å². The third-order valence-corrected chi connectivity index (χ3v) is 3.85. The number of rotatable bonds is 2. The quantitative estimate of drug-likeness (QED) is 0.720. The molecule has 1 heterocycles. The molecule has 0 spiro atoms. The van der Waals surface area contributed by atoms with Gasteiger partial charge in [0.2, 0.25) is 0 Å². The summed E-state index contributed by atoms with van der Waals surface area (Å²) in [5.41, 5.74) is -0.489. The van der Waals surface area contributed by atoms with Gasteiger partial charge in [0.05, 0.1) is 12.2 Å².